The average Bonchev–Trinajstić information content (AvgIpc) is 2.39. The third kappa shape index (κ3) is 3.83. The second kappa shape index (κ2) is 6.24. The quantitative estimate of drug-likeness (QED) is 0.871. The van der Waals surface area contributed by atoms with Crippen molar-refractivity contribution in [2.75, 3.05) is 0 Å². The van der Waals surface area contributed by atoms with Gasteiger partial charge in [-0.1, -0.05) is 46.9 Å². The molecular weight excluding hydrogens is 307 g/mol. The molecule has 3 nitrogen and oxygen atoms in total. The Morgan fingerprint density at radius 1 is 1.21 bits per heavy atom. The van der Waals surface area contributed by atoms with Crippen LogP contribution in [0, 0.1) is 0 Å². The third-order valence-electron chi connectivity index (χ3n) is 2.41. The van der Waals surface area contributed by atoms with Gasteiger partial charge < -0.3 is 5.32 Å². The van der Waals surface area contributed by atoms with Crippen molar-refractivity contribution in [2.45, 2.75) is 6.54 Å². The maximum atomic E-state index is 12.0. The molecule has 1 aromatic heterocycles. The van der Waals surface area contributed by atoms with Crippen molar-refractivity contribution >= 4 is 40.7 Å². The molecule has 2 rings (SSSR count). The second-order valence-corrected chi connectivity index (χ2v) is 5.03. The largest absolute Gasteiger partial charge is 0.348 e. The van der Waals surface area contributed by atoms with Gasteiger partial charge in [-0.3, -0.25) is 4.79 Å². The molecule has 1 N–H and O–H groups in total. The van der Waals surface area contributed by atoms with Crippen LogP contribution in [0.4, 0.5) is 0 Å². The van der Waals surface area contributed by atoms with Crippen LogP contribution in [-0.4, -0.2) is 10.9 Å². The fourth-order valence-electron chi connectivity index (χ4n) is 1.51. The highest BCUT2D eigenvalue weighted by Gasteiger charge is 2.11. The summed E-state index contributed by atoms with van der Waals surface area (Å²) in [5.74, 6) is -0.311. The lowest BCUT2D eigenvalue weighted by Gasteiger charge is -2.07. The normalized spacial score (nSPS) is 10.3. The number of amides is 1. The van der Waals surface area contributed by atoms with Crippen LogP contribution in [-0.2, 0) is 6.54 Å². The molecule has 0 radical (unpaired) electrons. The summed E-state index contributed by atoms with van der Waals surface area (Å²) in [5.41, 5.74) is 1.20. The summed E-state index contributed by atoms with van der Waals surface area (Å²) in [5, 5.41) is 3.84. The summed E-state index contributed by atoms with van der Waals surface area (Å²) < 4.78 is 0. The van der Waals surface area contributed by atoms with E-state index in [-0.39, 0.29) is 16.1 Å². The molecule has 0 aliphatic heterocycles. The summed E-state index contributed by atoms with van der Waals surface area (Å²) in [6.45, 7) is 0.357. The number of rotatable bonds is 3. The Bertz CT molecular complexity index is 617. The summed E-state index contributed by atoms with van der Waals surface area (Å²) >= 11 is 17.5. The molecule has 2 aromatic rings. The topological polar surface area (TPSA) is 42.0 Å². The Morgan fingerprint density at radius 2 is 2.00 bits per heavy atom. The number of halogens is 3. The Kier molecular flexibility index (Phi) is 4.64. The molecule has 0 unspecified atom stereocenters. The highest BCUT2D eigenvalue weighted by molar-refractivity contribution is 6.35. The minimum Gasteiger partial charge on any atom is -0.348 e. The van der Waals surface area contributed by atoms with Gasteiger partial charge in [-0.25, -0.2) is 4.98 Å². The van der Waals surface area contributed by atoms with Crippen LogP contribution in [0.15, 0.2) is 36.5 Å². The van der Waals surface area contributed by atoms with E-state index in [0.717, 1.165) is 5.56 Å². The number of nitrogens with zero attached hydrogens (tertiary/aromatic N) is 1. The van der Waals surface area contributed by atoms with E-state index in [1.165, 1.54) is 12.3 Å². The van der Waals surface area contributed by atoms with Crippen LogP contribution < -0.4 is 5.32 Å². The lowest BCUT2D eigenvalue weighted by Crippen LogP contribution is -2.23. The first kappa shape index (κ1) is 14.1. The highest BCUT2D eigenvalue weighted by Crippen LogP contribution is 2.18. The van der Waals surface area contributed by atoms with Gasteiger partial charge in [-0.2, -0.15) is 0 Å². The summed E-state index contributed by atoms with van der Waals surface area (Å²) in [6, 6.07) is 8.67. The van der Waals surface area contributed by atoms with Gasteiger partial charge in [0.05, 0.1) is 10.6 Å². The minimum atomic E-state index is -0.311. The number of nitrogens with one attached hydrogen (secondary N) is 1. The van der Waals surface area contributed by atoms with E-state index in [0.29, 0.717) is 17.1 Å². The predicted molar refractivity (Wildman–Crippen MR) is 76.9 cm³/mol. The number of pyridine rings is 1. The molecule has 0 atom stereocenters. The fourth-order valence-corrected chi connectivity index (χ4v) is 2.07. The van der Waals surface area contributed by atoms with Gasteiger partial charge in [-0.15, -0.1) is 0 Å². The van der Waals surface area contributed by atoms with E-state index in [9.17, 15) is 4.79 Å². The van der Waals surface area contributed by atoms with Gasteiger partial charge in [0.15, 0.2) is 0 Å². The van der Waals surface area contributed by atoms with Gasteiger partial charge in [0.25, 0.3) is 5.91 Å². The van der Waals surface area contributed by atoms with E-state index < -0.39 is 0 Å². The van der Waals surface area contributed by atoms with Crippen molar-refractivity contribution < 1.29 is 4.79 Å². The van der Waals surface area contributed by atoms with Gasteiger partial charge in [0.1, 0.15) is 5.15 Å². The zero-order valence-electron chi connectivity index (χ0n) is 9.66. The Balaban J connectivity index is 2.07. The van der Waals surface area contributed by atoms with Crippen LogP contribution in [0.25, 0.3) is 0 Å². The van der Waals surface area contributed by atoms with Gasteiger partial charge in [0, 0.05) is 17.8 Å². The van der Waals surface area contributed by atoms with Crippen molar-refractivity contribution in [2.24, 2.45) is 0 Å². The number of benzene rings is 1. The van der Waals surface area contributed by atoms with Crippen molar-refractivity contribution in [3.63, 3.8) is 0 Å². The molecule has 19 heavy (non-hydrogen) atoms. The Morgan fingerprint density at radius 3 is 2.74 bits per heavy atom. The van der Waals surface area contributed by atoms with E-state index in [2.05, 4.69) is 10.3 Å². The molecule has 1 amide bonds. The van der Waals surface area contributed by atoms with Crippen LogP contribution in [0.1, 0.15) is 15.9 Å². The summed E-state index contributed by atoms with van der Waals surface area (Å²) in [7, 11) is 0. The summed E-state index contributed by atoms with van der Waals surface area (Å²) in [6.07, 6.45) is 1.35. The number of hydrogen-bond donors (Lipinski definition) is 1. The van der Waals surface area contributed by atoms with E-state index >= 15 is 0 Å². The molecule has 0 fully saturated rings. The van der Waals surface area contributed by atoms with E-state index in [1.54, 1.807) is 12.1 Å². The first-order valence-corrected chi connectivity index (χ1v) is 6.53. The lowest BCUT2D eigenvalue weighted by atomic mass is 10.2. The fraction of sp³-hybridized carbons (Fsp3) is 0.0769. The molecule has 0 aliphatic rings. The summed E-state index contributed by atoms with van der Waals surface area (Å²) in [4.78, 5) is 15.7. The molecule has 0 bridgehead atoms. The van der Waals surface area contributed by atoms with Crippen LogP contribution >= 0.6 is 34.8 Å². The predicted octanol–water partition coefficient (Wildman–Crippen LogP) is 3.97. The molecule has 6 heteroatoms. The first-order chi connectivity index (χ1) is 9.06. The highest BCUT2D eigenvalue weighted by atomic mass is 35.5. The van der Waals surface area contributed by atoms with Gasteiger partial charge in [-0.05, 0) is 23.8 Å². The number of hydrogen-bond acceptors (Lipinski definition) is 2. The monoisotopic (exact) mass is 314 g/mol. The molecule has 0 aliphatic carbocycles. The van der Waals surface area contributed by atoms with Crippen LogP contribution in [0.2, 0.25) is 15.2 Å². The lowest BCUT2D eigenvalue weighted by molar-refractivity contribution is 0.0951. The second-order valence-electron chi connectivity index (χ2n) is 3.80. The first-order valence-electron chi connectivity index (χ1n) is 5.40. The zero-order chi connectivity index (χ0) is 13.8. The smallest absolute Gasteiger partial charge is 0.253 e. The van der Waals surface area contributed by atoms with Crippen molar-refractivity contribution in [1.29, 1.82) is 0 Å². The molecule has 1 heterocycles. The maximum Gasteiger partial charge on any atom is 0.253 e. The molecular formula is C13H9Cl3N2O. The van der Waals surface area contributed by atoms with Crippen LogP contribution in [0.5, 0.6) is 0 Å². The molecule has 1 aromatic carbocycles. The number of carbonyl (C=O) groups excluding carboxylic acids is 1. The molecule has 0 saturated heterocycles. The van der Waals surface area contributed by atoms with Gasteiger partial charge in [0.2, 0.25) is 0 Å². The number of carbonyl (C=O) groups is 1. The average molecular weight is 316 g/mol. The molecule has 0 spiro atoms. The Labute approximate surface area is 125 Å². The van der Waals surface area contributed by atoms with E-state index in [4.69, 9.17) is 34.8 Å². The van der Waals surface area contributed by atoms with E-state index in [1.807, 2.05) is 12.1 Å². The molecule has 0 saturated carbocycles. The standard InChI is InChI=1S/C13H9Cl3N2O/c14-9-3-1-2-8(4-9)6-18-13(19)10-5-12(16)17-7-11(10)15/h1-5,7H,6H2,(H,18,19). The van der Waals surface area contributed by atoms with Gasteiger partial charge >= 0.3 is 0 Å². The maximum absolute atomic E-state index is 12.0. The van der Waals surface area contributed by atoms with Crippen LogP contribution in [0.3, 0.4) is 0 Å². The Hall–Kier alpha value is -1.29. The van der Waals surface area contributed by atoms with Crippen molar-refractivity contribution in [3.05, 3.63) is 62.9 Å². The zero-order valence-corrected chi connectivity index (χ0v) is 11.9. The number of aromatic nitrogens is 1. The third-order valence-corrected chi connectivity index (χ3v) is 3.15. The van der Waals surface area contributed by atoms with Crippen molar-refractivity contribution in [3.8, 4) is 0 Å². The SMILES string of the molecule is O=C(NCc1cccc(Cl)c1)c1cc(Cl)ncc1Cl. The molecule has 98 valence electrons. The van der Waals surface area contributed by atoms with Crippen molar-refractivity contribution in [1.82, 2.24) is 10.3 Å². The minimum absolute atomic E-state index is 0.220.